The molecule has 1 saturated heterocycles. The van der Waals surface area contributed by atoms with Gasteiger partial charge in [0.25, 0.3) is 0 Å². The molecular weight excluding hydrogens is 616 g/mol. The molecule has 4 aromatic rings. The average Bonchev–Trinajstić information content (AvgIpc) is 3.61. The van der Waals surface area contributed by atoms with Gasteiger partial charge in [0.1, 0.15) is 17.9 Å². The molecule has 2 aromatic heterocycles. The summed E-state index contributed by atoms with van der Waals surface area (Å²) in [6.45, 7) is 2.03. The molecule has 1 fully saturated rings. The lowest BCUT2D eigenvalue weighted by atomic mass is 10.1. The smallest absolute Gasteiger partial charge is 0.404 e. The number of aryl methyl sites for hydroxylation is 1. The van der Waals surface area contributed by atoms with E-state index in [-0.39, 0.29) is 39.7 Å². The number of aliphatic imine (C=N–C) groups is 1. The monoisotopic (exact) mass is 642 g/mol. The van der Waals surface area contributed by atoms with E-state index in [0.717, 1.165) is 54.2 Å². The van der Waals surface area contributed by atoms with Gasteiger partial charge in [-0.25, -0.2) is 23.8 Å². The number of carbonyl (C=O) groups is 2. The van der Waals surface area contributed by atoms with Crippen molar-refractivity contribution in [2.45, 2.75) is 26.1 Å². The molecule has 2 aromatic carbocycles. The Hall–Kier alpha value is -4.99. The zero-order valence-corrected chi connectivity index (χ0v) is 25.0. The number of carbonyl (C=O) groups excluding carboxylic acids is 2. The van der Waals surface area contributed by atoms with E-state index in [2.05, 4.69) is 30.1 Å². The Kier molecular flexibility index (Phi) is 9.04. The van der Waals surface area contributed by atoms with Gasteiger partial charge in [0, 0.05) is 25.3 Å². The predicted molar refractivity (Wildman–Crippen MR) is 162 cm³/mol. The summed E-state index contributed by atoms with van der Waals surface area (Å²) in [7, 11) is 3.78. The van der Waals surface area contributed by atoms with Crippen LogP contribution in [0.25, 0.3) is 17.2 Å². The maximum absolute atomic E-state index is 15.1. The number of halogens is 4. The number of rotatable bonds is 8. The molecule has 3 heterocycles. The number of nitrogens with one attached hydrogen (secondary N) is 1. The lowest BCUT2D eigenvalue weighted by Gasteiger charge is -2.22. The molecule has 5 rings (SSSR count). The molecule has 0 atom stereocenters. The van der Waals surface area contributed by atoms with Crippen LogP contribution in [0.15, 0.2) is 66.0 Å². The van der Waals surface area contributed by atoms with Gasteiger partial charge in [-0.05, 0) is 54.4 Å². The van der Waals surface area contributed by atoms with E-state index in [1.807, 2.05) is 44.1 Å². The summed E-state index contributed by atoms with van der Waals surface area (Å²) < 4.78 is 57.2. The van der Waals surface area contributed by atoms with E-state index in [9.17, 15) is 22.8 Å². The van der Waals surface area contributed by atoms with Crippen LogP contribution in [0, 0.1) is 5.82 Å². The first-order valence-electron chi connectivity index (χ1n) is 13.5. The Morgan fingerprint density at radius 1 is 1.13 bits per heavy atom. The van der Waals surface area contributed by atoms with E-state index >= 15 is 4.39 Å². The van der Waals surface area contributed by atoms with Crippen molar-refractivity contribution in [2.75, 3.05) is 35.0 Å². The Labute approximate surface area is 258 Å². The SMILES string of the molecule is CCCc1ccc(N(C)C)cc1N1C(=O)CSC1=NC(=O)Nc1ccc(-c2ncn(-c3ccc(OC(F)(F)F)cn3)n2)cc1F. The highest BCUT2D eigenvalue weighted by molar-refractivity contribution is 8.15. The molecule has 0 saturated carbocycles. The van der Waals surface area contributed by atoms with E-state index in [1.165, 1.54) is 34.1 Å². The van der Waals surface area contributed by atoms with Crippen molar-refractivity contribution < 1.29 is 31.9 Å². The molecule has 0 unspecified atom stereocenters. The zero-order valence-electron chi connectivity index (χ0n) is 24.2. The Balaban J connectivity index is 1.31. The van der Waals surface area contributed by atoms with E-state index in [4.69, 9.17) is 0 Å². The molecule has 0 radical (unpaired) electrons. The molecule has 234 valence electrons. The number of urea groups is 1. The van der Waals surface area contributed by atoms with Crippen LogP contribution in [0.5, 0.6) is 5.75 Å². The van der Waals surface area contributed by atoms with Crippen LogP contribution < -0.4 is 19.9 Å². The summed E-state index contributed by atoms with van der Waals surface area (Å²) in [5.41, 5.74) is 2.57. The van der Waals surface area contributed by atoms with Gasteiger partial charge in [-0.2, -0.15) is 4.99 Å². The number of amides is 3. The molecule has 1 aliphatic rings. The molecule has 1 aliphatic heterocycles. The van der Waals surface area contributed by atoms with Crippen molar-refractivity contribution in [3.8, 4) is 23.0 Å². The highest BCUT2D eigenvalue weighted by atomic mass is 32.2. The normalized spacial score (nSPS) is 14.2. The highest BCUT2D eigenvalue weighted by Gasteiger charge is 2.33. The molecule has 0 aliphatic carbocycles. The van der Waals surface area contributed by atoms with Gasteiger partial charge in [-0.1, -0.05) is 31.2 Å². The number of nitrogens with zero attached hydrogens (tertiary/aromatic N) is 7. The van der Waals surface area contributed by atoms with Crippen molar-refractivity contribution in [3.63, 3.8) is 0 Å². The quantitative estimate of drug-likeness (QED) is 0.231. The van der Waals surface area contributed by atoms with Gasteiger partial charge in [0.05, 0.1) is 23.3 Å². The fourth-order valence-electron chi connectivity index (χ4n) is 4.39. The molecule has 3 amide bonds. The molecule has 45 heavy (non-hydrogen) atoms. The van der Waals surface area contributed by atoms with Gasteiger partial charge in [-0.3, -0.25) is 9.69 Å². The maximum Gasteiger partial charge on any atom is 0.573 e. The summed E-state index contributed by atoms with van der Waals surface area (Å²) in [5, 5.41) is 6.80. The number of benzene rings is 2. The van der Waals surface area contributed by atoms with Crippen LogP contribution in [-0.2, 0) is 11.2 Å². The first kappa shape index (κ1) is 31.4. The van der Waals surface area contributed by atoms with E-state index in [0.29, 0.717) is 5.69 Å². The second-order valence-corrected chi connectivity index (χ2v) is 10.8. The lowest BCUT2D eigenvalue weighted by Crippen LogP contribution is -2.31. The van der Waals surface area contributed by atoms with Crippen LogP contribution in [0.1, 0.15) is 18.9 Å². The van der Waals surface area contributed by atoms with Gasteiger partial charge < -0.3 is 15.0 Å². The molecular formula is C29H26F4N8O3S. The Morgan fingerprint density at radius 2 is 1.93 bits per heavy atom. The maximum atomic E-state index is 15.1. The van der Waals surface area contributed by atoms with Crippen LogP contribution in [0.2, 0.25) is 0 Å². The minimum absolute atomic E-state index is 0.101. The molecule has 0 spiro atoms. The van der Waals surface area contributed by atoms with Gasteiger partial charge >= 0.3 is 12.4 Å². The van der Waals surface area contributed by atoms with Gasteiger partial charge in [-0.15, -0.1) is 18.3 Å². The lowest BCUT2D eigenvalue weighted by molar-refractivity contribution is -0.274. The number of anilines is 3. The predicted octanol–water partition coefficient (Wildman–Crippen LogP) is 6.05. The largest absolute Gasteiger partial charge is 0.573 e. The van der Waals surface area contributed by atoms with Crippen molar-refractivity contribution in [3.05, 3.63) is 72.4 Å². The third-order valence-corrected chi connectivity index (χ3v) is 7.38. The minimum atomic E-state index is -4.85. The number of pyridine rings is 1. The fourth-order valence-corrected chi connectivity index (χ4v) is 5.25. The van der Waals surface area contributed by atoms with Crippen LogP contribution in [0.3, 0.4) is 0 Å². The first-order valence-corrected chi connectivity index (χ1v) is 14.5. The standard InChI is InChI=1S/C29H26F4N8O3S/c1-4-5-17-6-8-19(39(2)3)13-23(17)41-25(42)15-45-28(41)37-27(43)36-22-10-7-18(12-21(22)30)26-35-16-40(38-26)24-11-9-20(14-34-24)44-29(31,32)33/h6-14,16H,4-5,15H2,1-3H3,(H,36,43). The van der Waals surface area contributed by atoms with Gasteiger partial charge in [0.15, 0.2) is 16.8 Å². The molecule has 16 heteroatoms. The Bertz CT molecular complexity index is 1760. The molecule has 1 N–H and O–H groups in total. The van der Waals surface area contributed by atoms with E-state index < -0.39 is 24.0 Å². The topological polar surface area (TPSA) is 118 Å². The van der Waals surface area contributed by atoms with Crippen molar-refractivity contribution in [1.29, 1.82) is 0 Å². The highest BCUT2D eigenvalue weighted by Crippen LogP contribution is 2.33. The molecule has 11 nitrogen and oxygen atoms in total. The van der Waals surface area contributed by atoms with Crippen molar-refractivity contribution >= 4 is 45.9 Å². The van der Waals surface area contributed by atoms with Crippen LogP contribution in [-0.4, -0.2) is 63.1 Å². The Morgan fingerprint density at radius 3 is 2.60 bits per heavy atom. The zero-order chi connectivity index (χ0) is 32.3. The summed E-state index contributed by atoms with van der Waals surface area (Å²) in [6, 6.07) is 11.2. The number of amidine groups is 1. The fraction of sp³-hybridized carbons (Fsp3) is 0.241. The summed E-state index contributed by atoms with van der Waals surface area (Å²) in [4.78, 5) is 41.2. The van der Waals surface area contributed by atoms with Crippen molar-refractivity contribution in [1.82, 2.24) is 19.7 Å². The summed E-state index contributed by atoms with van der Waals surface area (Å²) in [6.07, 6.45) is -1.13. The van der Waals surface area contributed by atoms with Crippen LogP contribution in [0.4, 0.5) is 39.4 Å². The average molecular weight is 643 g/mol. The summed E-state index contributed by atoms with van der Waals surface area (Å²) >= 11 is 1.12. The number of alkyl halides is 3. The number of ether oxygens (including phenoxy) is 1. The second-order valence-electron chi connectivity index (χ2n) is 9.91. The first-order chi connectivity index (χ1) is 21.4. The number of thioether (sulfide) groups is 1. The van der Waals surface area contributed by atoms with E-state index in [1.54, 1.807) is 0 Å². The third-order valence-electron chi connectivity index (χ3n) is 6.46. The third kappa shape index (κ3) is 7.39. The number of aromatic nitrogens is 4. The van der Waals surface area contributed by atoms with Crippen LogP contribution >= 0.6 is 11.8 Å². The summed E-state index contributed by atoms with van der Waals surface area (Å²) in [5.74, 6) is -1.15. The second kappa shape index (κ2) is 12.9. The van der Waals surface area contributed by atoms with Crippen molar-refractivity contribution in [2.24, 2.45) is 4.99 Å². The van der Waals surface area contributed by atoms with Gasteiger partial charge in [0.2, 0.25) is 5.91 Å². The number of hydrogen-bond acceptors (Lipinski definition) is 8. The number of hydrogen-bond donors (Lipinski definition) is 1. The minimum Gasteiger partial charge on any atom is -0.404 e. The molecule has 0 bridgehead atoms.